The Bertz CT molecular complexity index is 897. The van der Waals surface area contributed by atoms with Gasteiger partial charge < -0.3 is 14.4 Å². The van der Waals surface area contributed by atoms with Crippen molar-refractivity contribution in [3.8, 4) is 5.75 Å². The van der Waals surface area contributed by atoms with Gasteiger partial charge >= 0.3 is 5.97 Å². The summed E-state index contributed by atoms with van der Waals surface area (Å²) in [6, 6.07) is 5.07. The summed E-state index contributed by atoms with van der Waals surface area (Å²) in [7, 11) is -3.10. The molecule has 1 amide bonds. The van der Waals surface area contributed by atoms with Gasteiger partial charge in [0.15, 0.2) is 16.4 Å². The molecule has 1 atom stereocenters. The van der Waals surface area contributed by atoms with Crippen LogP contribution in [0.1, 0.15) is 50.5 Å². The van der Waals surface area contributed by atoms with Gasteiger partial charge in [-0.05, 0) is 56.4 Å². The predicted octanol–water partition coefficient (Wildman–Crippen LogP) is 3.31. The van der Waals surface area contributed by atoms with Crippen LogP contribution in [0.15, 0.2) is 18.2 Å². The predicted molar refractivity (Wildman–Crippen MR) is 118 cm³/mol. The number of amides is 1. The van der Waals surface area contributed by atoms with E-state index >= 15 is 0 Å². The quantitative estimate of drug-likeness (QED) is 0.405. The normalized spacial score (nSPS) is 20.5. The zero-order valence-corrected chi connectivity index (χ0v) is 19.4. The Morgan fingerprint density at radius 2 is 1.90 bits per heavy atom. The van der Waals surface area contributed by atoms with Crippen LogP contribution in [-0.2, 0) is 24.2 Å². The number of rotatable bonds is 9. The average Bonchev–Trinajstić information content (AvgIpc) is 3.35. The summed E-state index contributed by atoms with van der Waals surface area (Å²) in [6.45, 7) is 1.90. The fourth-order valence-electron chi connectivity index (χ4n) is 4.34. The van der Waals surface area contributed by atoms with Gasteiger partial charge in [-0.1, -0.05) is 24.4 Å². The van der Waals surface area contributed by atoms with Crippen molar-refractivity contribution in [3.05, 3.63) is 28.8 Å². The summed E-state index contributed by atoms with van der Waals surface area (Å²) in [5.41, 5.74) is 0.918. The van der Waals surface area contributed by atoms with E-state index in [1.165, 1.54) is 0 Å². The highest BCUT2D eigenvalue weighted by Crippen LogP contribution is 2.29. The third-order valence-electron chi connectivity index (χ3n) is 5.88. The number of esters is 1. The van der Waals surface area contributed by atoms with Crippen molar-refractivity contribution in [1.82, 2.24) is 4.90 Å². The van der Waals surface area contributed by atoms with Gasteiger partial charge in [0.1, 0.15) is 5.75 Å². The molecule has 172 valence electrons. The van der Waals surface area contributed by atoms with Crippen LogP contribution in [-0.4, -0.2) is 62.0 Å². The van der Waals surface area contributed by atoms with Crippen LogP contribution in [0.25, 0.3) is 0 Å². The van der Waals surface area contributed by atoms with E-state index < -0.39 is 15.8 Å². The summed E-state index contributed by atoms with van der Waals surface area (Å²) in [6.07, 6.45) is 4.86. The third kappa shape index (κ3) is 6.84. The van der Waals surface area contributed by atoms with Crippen LogP contribution in [0, 0.1) is 6.92 Å². The number of hydrogen-bond acceptors (Lipinski definition) is 6. The summed E-state index contributed by atoms with van der Waals surface area (Å²) in [5.74, 6) is 0.0725. The van der Waals surface area contributed by atoms with Gasteiger partial charge in [-0.2, -0.15) is 0 Å². The van der Waals surface area contributed by atoms with Crippen molar-refractivity contribution in [2.45, 2.75) is 64.0 Å². The lowest BCUT2D eigenvalue weighted by atomic mass is 10.1. The van der Waals surface area contributed by atoms with E-state index in [2.05, 4.69) is 0 Å². The Morgan fingerprint density at radius 3 is 2.55 bits per heavy atom. The zero-order valence-electron chi connectivity index (χ0n) is 17.8. The molecule has 7 nitrogen and oxygen atoms in total. The summed E-state index contributed by atoms with van der Waals surface area (Å²) in [5, 5.41) is 0.639. The molecule has 31 heavy (non-hydrogen) atoms. The van der Waals surface area contributed by atoms with E-state index in [4.69, 9.17) is 21.1 Å². The molecule has 0 bridgehead atoms. The smallest absolute Gasteiger partial charge is 0.306 e. The van der Waals surface area contributed by atoms with Crippen molar-refractivity contribution >= 4 is 33.3 Å². The number of ether oxygens (including phenoxy) is 2. The molecule has 0 N–H and O–H groups in total. The third-order valence-corrected chi connectivity index (χ3v) is 7.87. The highest BCUT2D eigenvalue weighted by Gasteiger charge is 2.39. The number of hydrogen-bond donors (Lipinski definition) is 0. The second-order valence-electron chi connectivity index (χ2n) is 8.32. The molecule has 0 radical (unpaired) electrons. The molecule has 1 unspecified atom stereocenters. The molecule has 9 heteroatoms. The van der Waals surface area contributed by atoms with E-state index in [-0.39, 0.29) is 42.5 Å². The number of sulfone groups is 1. The molecular weight excluding hydrogens is 442 g/mol. The van der Waals surface area contributed by atoms with Crippen molar-refractivity contribution < 1.29 is 27.5 Å². The van der Waals surface area contributed by atoms with Gasteiger partial charge in [0.25, 0.3) is 5.91 Å². The number of halogens is 1. The van der Waals surface area contributed by atoms with Crippen LogP contribution < -0.4 is 4.74 Å². The first-order valence-electron chi connectivity index (χ1n) is 10.8. The molecule has 3 rings (SSSR count). The number of nitrogens with zero attached hydrogens (tertiary/aromatic N) is 1. The fraction of sp³-hybridized carbons (Fsp3) is 0.636. The largest absolute Gasteiger partial charge is 0.493 e. The number of aryl methyl sites for hydroxylation is 1. The van der Waals surface area contributed by atoms with E-state index in [0.29, 0.717) is 30.2 Å². The molecule has 1 heterocycles. The van der Waals surface area contributed by atoms with E-state index in [1.54, 1.807) is 17.0 Å². The van der Waals surface area contributed by atoms with Gasteiger partial charge in [-0.15, -0.1) is 0 Å². The first-order valence-corrected chi connectivity index (χ1v) is 13.0. The standard InChI is InChI=1S/C22H30ClNO6S/c1-16-13-17(23)8-9-20(16)29-11-4-7-22(26)30-14-21(25)24(18-5-2-3-6-18)19-10-12-31(27,28)15-19/h8-9,13,18-19H,2-7,10-12,14-15H2,1H3. The maximum atomic E-state index is 12.8. The Hall–Kier alpha value is -1.80. The maximum absolute atomic E-state index is 12.8. The number of carbonyl (C=O) groups excluding carboxylic acids is 2. The lowest BCUT2D eigenvalue weighted by molar-refractivity contribution is -0.154. The topological polar surface area (TPSA) is 90.0 Å². The SMILES string of the molecule is Cc1cc(Cl)ccc1OCCCC(=O)OCC(=O)N(C1CCCC1)C1CCS(=O)(=O)C1. The second-order valence-corrected chi connectivity index (χ2v) is 11.0. The Morgan fingerprint density at radius 1 is 1.16 bits per heavy atom. The Kier molecular flexibility index (Phi) is 8.22. The lowest BCUT2D eigenvalue weighted by Gasteiger charge is -2.33. The molecule has 0 aromatic heterocycles. The fourth-order valence-corrected chi connectivity index (χ4v) is 6.28. The molecule has 1 saturated carbocycles. The molecular formula is C22H30ClNO6S. The minimum atomic E-state index is -3.10. The number of benzene rings is 1. The molecule has 0 spiro atoms. The molecule has 1 aromatic carbocycles. The van der Waals surface area contributed by atoms with Gasteiger partial charge in [-0.25, -0.2) is 8.42 Å². The van der Waals surface area contributed by atoms with E-state index in [9.17, 15) is 18.0 Å². The molecule has 1 aliphatic heterocycles. The second kappa shape index (κ2) is 10.7. The van der Waals surface area contributed by atoms with Gasteiger partial charge in [-0.3, -0.25) is 9.59 Å². The van der Waals surface area contributed by atoms with Crippen LogP contribution in [0.4, 0.5) is 0 Å². The molecule has 1 saturated heterocycles. The molecule has 1 aliphatic carbocycles. The van der Waals surface area contributed by atoms with Crippen LogP contribution >= 0.6 is 11.6 Å². The number of carbonyl (C=O) groups is 2. The highest BCUT2D eigenvalue weighted by molar-refractivity contribution is 7.91. The molecule has 2 fully saturated rings. The van der Waals surface area contributed by atoms with Crippen LogP contribution in [0.5, 0.6) is 5.75 Å². The Labute approximate surface area is 188 Å². The Balaban J connectivity index is 1.43. The van der Waals surface area contributed by atoms with Crippen molar-refractivity contribution in [1.29, 1.82) is 0 Å². The minimum Gasteiger partial charge on any atom is -0.493 e. The monoisotopic (exact) mass is 471 g/mol. The van der Waals surface area contributed by atoms with Crippen LogP contribution in [0.2, 0.25) is 5.02 Å². The van der Waals surface area contributed by atoms with Gasteiger partial charge in [0.05, 0.1) is 18.1 Å². The average molecular weight is 472 g/mol. The van der Waals surface area contributed by atoms with Crippen molar-refractivity contribution in [3.63, 3.8) is 0 Å². The summed E-state index contributed by atoms with van der Waals surface area (Å²) in [4.78, 5) is 26.6. The van der Waals surface area contributed by atoms with Crippen molar-refractivity contribution in [2.75, 3.05) is 24.7 Å². The molecule has 1 aromatic rings. The van der Waals surface area contributed by atoms with Gasteiger partial charge in [0.2, 0.25) is 0 Å². The maximum Gasteiger partial charge on any atom is 0.306 e. The van der Waals surface area contributed by atoms with Gasteiger partial charge in [0, 0.05) is 23.5 Å². The lowest BCUT2D eigenvalue weighted by Crippen LogP contribution is -2.48. The van der Waals surface area contributed by atoms with E-state index in [0.717, 1.165) is 31.2 Å². The summed E-state index contributed by atoms with van der Waals surface area (Å²) < 4.78 is 34.6. The van der Waals surface area contributed by atoms with Crippen LogP contribution in [0.3, 0.4) is 0 Å². The first kappa shape index (κ1) is 23.9. The van der Waals surface area contributed by atoms with E-state index in [1.807, 2.05) is 13.0 Å². The zero-order chi connectivity index (χ0) is 22.4. The highest BCUT2D eigenvalue weighted by atomic mass is 35.5. The first-order chi connectivity index (χ1) is 14.7. The minimum absolute atomic E-state index is 0.00460. The van der Waals surface area contributed by atoms with Crippen molar-refractivity contribution in [2.24, 2.45) is 0 Å². The summed E-state index contributed by atoms with van der Waals surface area (Å²) >= 11 is 5.92. The molecule has 2 aliphatic rings.